The van der Waals surface area contributed by atoms with Gasteiger partial charge >= 0.3 is 6.09 Å². The monoisotopic (exact) mass is 290 g/mol. The van der Waals surface area contributed by atoms with E-state index in [9.17, 15) is 9.90 Å². The number of rotatable bonds is 4. The largest absolute Gasteiger partial charge is 0.435 e. The van der Waals surface area contributed by atoms with Crippen LogP contribution in [0.2, 0.25) is 0 Å². The van der Waals surface area contributed by atoms with Gasteiger partial charge in [-0.3, -0.25) is 0 Å². The van der Waals surface area contributed by atoms with E-state index in [4.69, 9.17) is 15.7 Å². The van der Waals surface area contributed by atoms with Gasteiger partial charge in [0.05, 0.1) is 17.7 Å². The first kappa shape index (κ1) is 17.0. The van der Waals surface area contributed by atoms with Crippen molar-refractivity contribution in [2.24, 2.45) is 11.1 Å². The molecule has 0 aliphatic heterocycles. The number of nitrogens with zero attached hydrogens (tertiary/aromatic N) is 1. The Balaban J connectivity index is 3.39. The number of benzene rings is 1. The average Bonchev–Trinajstić information content (AvgIpc) is 2.35. The van der Waals surface area contributed by atoms with Crippen LogP contribution >= 0.6 is 0 Å². The number of nitrogens with two attached hydrogens (primary N) is 1. The zero-order valence-electron chi connectivity index (χ0n) is 12.9. The van der Waals surface area contributed by atoms with Crippen LogP contribution < -0.4 is 5.73 Å². The van der Waals surface area contributed by atoms with E-state index in [2.05, 4.69) is 0 Å². The van der Waals surface area contributed by atoms with E-state index >= 15 is 0 Å². The number of primary amides is 1. The topological polar surface area (TPSA) is 96.3 Å². The first-order valence-electron chi connectivity index (χ1n) is 6.78. The fourth-order valence-corrected chi connectivity index (χ4v) is 2.47. The molecule has 0 radical (unpaired) electrons. The summed E-state index contributed by atoms with van der Waals surface area (Å²) in [6, 6.07) is 8.64. The summed E-state index contributed by atoms with van der Waals surface area (Å²) in [7, 11) is 0. The number of carbonyl (C=O) groups excluding carboxylic acids is 1. The predicted octanol–water partition coefficient (Wildman–Crippen LogP) is 2.67. The number of ether oxygens (including phenoxy) is 1. The zero-order valence-corrected chi connectivity index (χ0v) is 12.9. The number of aliphatic hydroxyl groups is 1. The first-order chi connectivity index (χ1) is 9.60. The van der Waals surface area contributed by atoms with Crippen molar-refractivity contribution in [3.63, 3.8) is 0 Å². The van der Waals surface area contributed by atoms with Gasteiger partial charge in [-0.05, 0) is 36.5 Å². The summed E-state index contributed by atoms with van der Waals surface area (Å²) in [4.78, 5) is 11.3. The highest BCUT2D eigenvalue weighted by atomic mass is 16.6. The van der Waals surface area contributed by atoms with Crippen molar-refractivity contribution >= 4 is 6.09 Å². The zero-order chi connectivity index (χ0) is 16.3. The number of nitriles is 1. The highest BCUT2D eigenvalue weighted by Gasteiger charge is 2.44. The van der Waals surface area contributed by atoms with E-state index in [1.54, 1.807) is 31.2 Å². The molecule has 0 aromatic heterocycles. The van der Waals surface area contributed by atoms with Gasteiger partial charge in [-0.15, -0.1) is 0 Å². The van der Waals surface area contributed by atoms with Crippen LogP contribution in [0, 0.1) is 16.7 Å². The molecule has 0 aliphatic rings. The highest BCUT2D eigenvalue weighted by Crippen LogP contribution is 2.40. The highest BCUT2D eigenvalue weighted by molar-refractivity contribution is 5.65. The third-order valence-corrected chi connectivity index (χ3v) is 3.25. The Morgan fingerprint density at radius 1 is 1.38 bits per heavy atom. The van der Waals surface area contributed by atoms with Crippen molar-refractivity contribution in [2.75, 3.05) is 0 Å². The third kappa shape index (κ3) is 4.20. The number of hydrogen-bond acceptors (Lipinski definition) is 4. The lowest BCUT2D eigenvalue weighted by Gasteiger charge is -2.40. The lowest BCUT2D eigenvalue weighted by molar-refractivity contribution is -0.0986. The Hall–Kier alpha value is -2.06. The van der Waals surface area contributed by atoms with Crippen molar-refractivity contribution in [3.05, 3.63) is 35.4 Å². The molecule has 0 unspecified atom stereocenters. The first-order valence-corrected chi connectivity index (χ1v) is 6.78. The molecule has 5 nitrogen and oxygen atoms in total. The van der Waals surface area contributed by atoms with Crippen LogP contribution in [0.5, 0.6) is 0 Å². The molecule has 5 heteroatoms. The second-order valence-corrected chi connectivity index (χ2v) is 6.41. The van der Waals surface area contributed by atoms with Crippen molar-refractivity contribution < 1.29 is 14.6 Å². The Morgan fingerprint density at radius 2 is 1.90 bits per heavy atom. The molecule has 21 heavy (non-hydrogen) atoms. The molecule has 0 heterocycles. The molecule has 0 aliphatic carbocycles. The standard InChI is InChI=1S/C16H22N2O3/c1-11(19)16(21-14(18)20,10-15(2,3)4)13-7-5-12(9-17)6-8-13/h5-8,11,19H,10H2,1-4H3,(H2,18,20)/t11-,16+/m1/s1. The van der Waals surface area contributed by atoms with Crippen molar-refractivity contribution in [2.45, 2.75) is 45.8 Å². The van der Waals surface area contributed by atoms with E-state index < -0.39 is 17.8 Å². The van der Waals surface area contributed by atoms with Crippen LogP contribution in [0.4, 0.5) is 4.79 Å². The Bertz CT molecular complexity index is 538. The number of hydrogen-bond donors (Lipinski definition) is 2. The maximum atomic E-state index is 11.3. The lowest BCUT2D eigenvalue weighted by atomic mass is 9.75. The molecule has 1 rings (SSSR count). The Labute approximate surface area is 125 Å². The van der Waals surface area contributed by atoms with Crippen LogP contribution in [-0.2, 0) is 10.3 Å². The average molecular weight is 290 g/mol. The fraction of sp³-hybridized carbons (Fsp3) is 0.500. The lowest BCUT2D eigenvalue weighted by Crippen LogP contribution is -2.46. The molecule has 114 valence electrons. The van der Waals surface area contributed by atoms with Gasteiger partial charge in [0.15, 0.2) is 5.60 Å². The van der Waals surface area contributed by atoms with Crippen LogP contribution in [0.25, 0.3) is 0 Å². The molecule has 3 N–H and O–H groups in total. The van der Waals surface area contributed by atoms with Gasteiger partial charge in [-0.2, -0.15) is 5.26 Å². The Morgan fingerprint density at radius 3 is 2.24 bits per heavy atom. The summed E-state index contributed by atoms with van der Waals surface area (Å²) in [5, 5.41) is 19.1. The van der Waals surface area contributed by atoms with E-state index in [0.29, 0.717) is 17.5 Å². The molecular weight excluding hydrogens is 268 g/mol. The van der Waals surface area contributed by atoms with Crippen LogP contribution in [0.1, 0.15) is 45.2 Å². The number of carbonyl (C=O) groups is 1. The molecule has 1 aromatic carbocycles. The molecular formula is C16H22N2O3. The van der Waals surface area contributed by atoms with E-state index in [0.717, 1.165) is 0 Å². The van der Waals surface area contributed by atoms with Gasteiger partial charge in [0.2, 0.25) is 0 Å². The van der Waals surface area contributed by atoms with E-state index in [1.807, 2.05) is 26.8 Å². The number of amides is 1. The van der Waals surface area contributed by atoms with Gasteiger partial charge in [-0.25, -0.2) is 4.79 Å². The minimum atomic E-state index is -1.24. The molecule has 0 spiro atoms. The van der Waals surface area contributed by atoms with Crippen LogP contribution in [0.3, 0.4) is 0 Å². The molecule has 0 bridgehead atoms. The summed E-state index contributed by atoms with van der Waals surface area (Å²) in [5.41, 5.74) is 4.87. The van der Waals surface area contributed by atoms with Gasteiger partial charge in [-0.1, -0.05) is 32.9 Å². The van der Waals surface area contributed by atoms with Crippen molar-refractivity contribution in [1.29, 1.82) is 5.26 Å². The summed E-state index contributed by atoms with van der Waals surface area (Å²) in [6.07, 6.45) is -1.49. The molecule has 0 saturated heterocycles. The van der Waals surface area contributed by atoms with Crippen molar-refractivity contribution in [1.82, 2.24) is 0 Å². The summed E-state index contributed by atoms with van der Waals surface area (Å²) < 4.78 is 5.34. The molecule has 2 atom stereocenters. The summed E-state index contributed by atoms with van der Waals surface area (Å²) in [6.45, 7) is 7.52. The van der Waals surface area contributed by atoms with Gasteiger partial charge in [0.1, 0.15) is 0 Å². The molecule has 0 saturated carbocycles. The minimum Gasteiger partial charge on any atom is -0.435 e. The molecule has 1 aromatic rings. The quantitative estimate of drug-likeness (QED) is 0.891. The molecule has 0 fully saturated rings. The SMILES string of the molecule is C[C@@H](O)[C@](CC(C)(C)C)(OC(N)=O)c1ccc(C#N)cc1. The normalized spacial score (nSPS) is 15.6. The minimum absolute atomic E-state index is 0.208. The second kappa shape index (κ2) is 6.15. The van der Waals surface area contributed by atoms with Crippen LogP contribution in [-0.4, -0.2) is 17.3 Å². The smallest absolute Gasteiger partial charge is 0.405 e. The maximum Gasteiger partial charge on any atom is 0.405 e. The summed E-state index contributed by atoms with van der Waals surface area (Å²) >= 11 is 0. The van der Waals surface area contributed by atoms with Gasteiger partial charge in [0.25, 0.3) is 0 Å². The maximum absolute atomic E-state index is 11.3. The van der Waals surface area contributed by atoms with E-state index in [-0.39, 0.29) is 5.41 Å². The van der Waals surface area contributed by atoms with Crippen LogP contribution in [0.15, 0.2) is 24.3 Å². The second-order valence-electron chi connectivity index (χ2n) is 6.41. The summed E-state index contributed by atoms with van der Waals surface area (Å²) in [5.74, 6) is 0. The van der Waals surface area contributed by atoms with Gasteiger partial charge in [0, 0.05) is 0 Å². The predicted molar refractivity (Wildman–Crippen MR) is 79.3 cm³/mol. The third-order valence-electron chi connectivity index (χ3n) is 3.25. The van der Waals surface area contributed by atoms with E-state index in [1.165, 1.54) is 0 Å². The van der Waals surface area contributed by atoms with Crippen molar-refractivity contribution in [3.8, 4) is 6.07 Å². The fourth-order valence-electron chi connectivity index (χ4n) is 2.47. The van der Waals surface area contributed by atoms with Gasteiger partial charge < -0.3 is 15.6 Å². The number of aliphatic hydroxyl groups excluding tert-OH is 1. The molecule has 1 amide bonds. The Kier molecular flexibility index (Phi) is 4.97.